The quantitative estimate of drug-likeness (QED) is 0.841. The predicted molar refractivity (Wildman–Crippen MR) is 87.0 cm³/mol. The molecule has 0 fully saturated rings. The molecule has 0 unspecified atom stereocenters. The molecule has 0 atom stereocenters. The molecule has 0 aliphatic carbocycles. The van der Waals surface area contributed by atoms with Crippen molar-refractivity contribution in [2.75, 3.05) is 12.4 Å². The molecule has 0 aliphatic heterocycles. The second-order valence-electron chi connectivity index (χ2n) is 7.02. The summed E-state index contributed by atoms with van der Waals surface area (Å²) in [6.07, 6.45) is 1.06. The van der Waals surface area contributed by atoms with Crippen molar-refractivity contribution in [3.63, 3.8) is 0 Å². The van der Waals surface area contributed by atoms with Crippen LogP contribution < -0.4 is 9.88 Å². The largest absolute Gasteiger partial charge is 0.493 e. The van der Waals surface area contributed by atoms with Crippen molar-refractivity contribution in [2.45, 2.75) is 46.5 Å². The summed E-state index contributed by atoms with van der Waals surface area (Å²) in [6.45, 7) is 10.5. The SMILES string of the molecule is CCC(C)(C)c1ccc(OCC(C)(C)CS(N)(=O)=O)cc1. The van der Waals surface area contributed by atoms with Crippen molar-refractivity contribution in [2.24, 2.45) is 10.6 Å². The van der Waals surface area contributed by atoms with Crippen LogP contribution in [0.4, 0.5) is 0 Å². The van der Waals surface area contributed by atoms with Gasteiger partial charge in [0.15, 0.2) is 0 Å². The zero-order valence-electron chi connectivity index (χ0n) is 13.6. The molecular formula is C16H27NO3S. The molecule has 2 N–H and O–H groups in total. The lowest BCUT2D eigenvalue weighted by molar-refractivity contribution is 0.200. The van der Waals surface area contributed by atoms with Gasteiger partial charge >= 0.3 is 0 Å². The molecule has 5 heteroatoms. The fraction of sp³-hybridized carbons (Fsp3) is 0.625. The monoisotopic (exact) mass is 313 g/mol. The van der Waals surface area contributed by atoms with Gasteiger partial charge in [0.25, 0.3) is 0 Å². The Labute approximate surface area is 128 Å². The van der Waals surface area contributed by atoms with E-state index in [1.54, 1.807) is 0 Å². The number of ether oxygens (including phenoxy) is 1. The van der Waals surface area contributed by atoms with Gasteiger partial charge in [0.1, 0.15) is 5.75 Å². The fourth-order valence-corrected chi connectivity index (χ4v) is 3.24. The second kappa shape index (κ2) is 6.36. The highest BCUT2D eigenvalue weighted by atomic mass is 32.2. The van der Waals surface area contributed by atoms with E-state index in [0.29, 0.717) is 6.61 Å². The molecule has 120 valence electrons. The van der Waals surface area contributed by atoms with Crippen LogP contribution in [-0.4, -0.2) is 20.8 Å². The molecule has 0 heterocycles. The highest BCUT2D eigenvalue weighted by molar-refractivity contribution is 7.89. The van der Waals surface area contributed by atoms with E-state index in [2.05, 4.69) is 32.9 Å². The summed E-state index contributed by atoms with van der Waals surface area (Å²) in [7, 11) is -3.50. The first-order valence-corrected chi connectivity index (χ1v) is 8.91. The Kier molecular flexibility index (Phi) is 5.45. The molecule has 0 bridgehead atoms. The molecule has 4 nitrogen and oxygen atoms in total. The van der Waals surface area contributed by atoms with E-state index in [-0.39, 0.29) is 11.2 Å². The van der Waals surface area contributed by atoms with Gasteiger partial charge in [-0.15, -0.1) is 0 Å². The van der Waals surface area contributed by atoms with Gasteiger partial charge in [0, 0.05) is 5.41 Å². The Balaban J connectivity index is 2.69. The minimum atomic E-state index is -3.50. The molecule has 1 aromatic carbocycles. The highest BCUT2D eigenvalue weighted by Crippen LogP contribution is 2.28. The molecule has 21 heavy (non-hydrogen) atoms. The standard InChI is InChI=1S/C16H27NO3S/c1-6-16(4,5)13-7-9-14(10-8-13)20-11-15(2,3)12-21(17,18)19/h7-10H,6,11-12H2,1-5H3,(H2,17,18,19). The Morgan fingerprint density at radius 2 is 1.62 bits per heavy atom. The average molecular weight is 313 g/mol. The summed E-state index contributed by atoms with van der Waals surface area (Å²) < 4.78 is 28.0. The van der Waals surface area contributed by atoms with Crippen LogP contribution in [0.25, 0.3) is 0 Å². The van der Waals surface area contributed by atoms with Crippen LogP contribution in [0.15, 0.2) is 24.3 Å². The summed E-state index contributed by atoms with van der Waals surface area (Å²) in [6, 6.07) is 7.98. The van der Waals surface area contributed by atoms with Crippen LogP contribution in [0.2, 0.25) is 0 Å². The van der Waals surface area contributed by atoms with Crippen molar-refractivity contribution < 1.29 is 13.2 Å². The number of rotatable bonds is 7. The molecule has 0 saturated heterocycles. The fourth-order valence-electron chi connectivity index (χ4n) is 2.07. The van der Waals surface area contributed by atoms with Gasteiger partial charge in [0.05, 0.1) is 12.4 Å². The first-order valence-electron chi connectivity index (χ1n) is 7.19. The van der Waals surface area contributed by atoms with Crippen LogP contribution in [-0.2, 0) is 15.4 Å². The Morgan fingerprint density at radius 3 is 2.05 bits per heavy atom. The van der Waals surface area contributed by atoms with Crippen molar-refractivity contribution >= 4 is 10.0 Å². The van der Waals surface area contributed by atoms with E-state index >= 15 is 0 Å². The lowest BCUT2D eigenvalue weighted by Gasteiger charge is -2.25. The average Bonchev–Trinajstić information content (AvgIpc) is 2.34. The van der Waals surface area contributed by atoms with Crippen molar-refractivity contribution in [3.8, 4) is 5.75 Å². The molecule has 1 aromatic rings. The van der Waals surface area contributed by atoms with Gasteiger partial charge in [0.2, 0.25) is 10.0 Å². The third kappa shape index (κ3) is 6.06. The first kappa shape index (κ1) is 18.0. The summed E-state index contributed by atoms with van der Waals surface area (Å²) in [5.41, 5.74) is 0.890. The van der Waals surface area contributed by atoms with Crippen LogP contribution >= 0.6 is 0 Å². The summed E-state index contributed by atoms with van der Waals surface area (Å²) >= 11 is 0. The number of sulfonamides is 1. The van der Waals surface area contributed by atoms with E-state index in [1.165, 1.54) is 5.56 Å². The maximum atomic E-state index is 11.2. The molecule has 0 aromatic heterocycles. The third-order valence-electron chi connectivity index (χ3n) is 3.74. The Bertz CT molecular complexity index is 560. The van der Waals surface area contributed by atoms with Crippen molar-refractivity contribution in [1.29, 1.82) is 0 Å². The number of nitrogens with two attached hydrogens (primary N) is 1. The van der Waals surface area contributed by atoms with Gasteiger partial charge in [-0.3, -0.25) is 0 Å². The molecular weight excluding hydrogens is 286 g/mol. The van der Waals surface area contributed by atoms with E-state index in [0.717, 1.165) is 12.2 Å². The van der Waals surface area contributed by atoms with E-state index in [1.807, 2.05) is 26.0 Å². The normalized spacial score (nSPS) is 13.2. The topological polar surface area (TPSA) is 69.4 Å². The second-order valence-corrected chi connectivity index (χ2v) is 8.64. The summed E-state index contributed by atoms with van der Waals surface area (Å²) in [5, 5.41) is 5.09. The maximum absolute atomic E-state index is 11.2. The predicted octanol–water partition coefficient (Wildman–Crippen LogP) is 3.07. The number of hydrogen-bond acceptors (Lipinski definition) is 3. The summed E-state index contributed by atoms with van der Waals surface area (Å²) in [4.78, 5) is 0. The lowest BCUT2D eigenvalue weighted by Crippen LogP contribution is -2.33. The smallest absolute Gasteiger partial charge is 0.209 e. The van der Waals surface area contributed by atoms with Crippen molar-refractivity contribution in [1.82, 2.24) is 0 Å². The molecule has 0 radical (unpaired) electrons. The van der Waals surface area contributed by atoms with E-state index in [4.69, 9.17) is 9.88 Å². The van der Waals surface area contributed by atoms with Gasteiger partial charge in [-0.2, -0.15) is 0 Å². The number of benzene rings is 1. The zero-order valence-corrected chi connectivity index (χ0v) is 14.5. The number of primary sulfonamides is 1. The van der Waals surface area contributed by atoms with Gasteiger partial charge in [-0.05, 0) is 29.5 Å². The molecule has 0 saturated carbocycles. The van der Waals surface area contributed by atoms with Crippen LogP contribution in [0.1, 0.15) is 46.6 Å². The van der Waals surface area contributed by atoms with Crippen LogP contribution in [0, 0.1) is 5.41 Å². The van der Waals surface area contributed by atoms with Gasteiger partial charge < -0.3 is 4.74 Å². The Morgan fingerprint density at radius 1 is 1.10 bits per heavy atom. The minimum Gasteiger partial charge on any atom is -0.493 e. The maximum Gasteiger partial charge on any atom is 0.209 e. The molecule has 0 aliphatic rings. The summed E-state index contributed by atoms with van der Waals surface area (Å²) in [5.74, 6) is 0.647. The van der Waals surface area contributed by atoms with Crippen LogP contribution in [0.3, 0.4) is 0 Å². The Hall–Kier alpha value is -1.07. The van der Waals surface area contributed by atoms with E-state index in [9.17, 15) is 8.42 Å². The van der Waals surface area contributed by atoms with E-state index < -0.39 is 15.4 Å². The molecule has 0 spiro atoms. The van der Waals surface area contributed by atoms with Gasteiger partial charge in [-0.1, -0.05) is 46.8 Å². The zero-order chi connectivity index (χ0) is 16.3. The third-order valence-corrected chi connectivity index (χ3v) is 4.93. The lowest BCUT2D eigenvalue weighted by atomic mass is 9.82. The first-order chi connectivity index (χ1) is 9.45. The van der Waals surface area contributed by atoms with Gasteiger partial charge in [-0.25, -0.2) is 13.6 Å². The minimum absolute atomic E-state index is 0.0963. The number of hydrogen-bond donors (Lipinski definition) is 1. The van der Waals surface area contributed by atoms with Crippen LogP contribution in [0.5, 0.6) is 5.75 Å². The van der Waals surface area contributed by atoms with Crippen molar-refractivity contribution in [3.05, 3.63) is 29.8 Å². The molecule has 0 amide bonds. The highest BCUT2D eigenvalue weighted by Gasteiger charge is 2.25. The molecule has 1 rings (SSSR count).